The van der Waals surface area contributed by atoms with Crippen LogP contribution in [0.3, 0.4) is 0 Å². The minimum Gasteiger partial charge on any atom is -0.370 e. The first-order chi connectivity index (χ1) is 10.7. The van der Waals surface area contributed by atoms with Crippen LogP contribution in [0.15, 0.2) is 43.0 Å². The number of benzene rings is 2. The molecule has 0 fully saturated rings. The quantitative estimate of drug-likeness (QED) is 0.694. The van der Waals surface area contributed by atoms with Crippen LogP contribution in [0, 0.1) is 0 Å². The maximum Gasteiger partial charge on any atom is 0.537 e. The molecule has 0 heterocycles. The van der Waals surface area contributed by atoms with E-state index < -0.39 is 8.80 Å². The standard InChI is InChI=1S/C18H24O3Si/c1-5-15-13-14-18(17-12-10-9-11-16(15)17)22(19-6-2,20-7-3)21-8-4/h5,9-14H,1,6-8H2,2-4H3. The maximum atomic E-state index is 6.05. The summed E-state index contributed by atoms with van der Waals surface area (Å²) < 4.78 is 18.1. The molecule has 0 bridgehead atoms. The van der Waals surface area contributed by atoms with Crippen LogP contribution in [0.5, 0.6) is 0 Å². The number of fused-ring (bicyclic) bond motifs is 1. The normalized spacial score (nSPS) is 11.8. The molecule has 0 aliphatic heterocycles. The maximum absolute atomic E-state index is 6.05. The largest absolute Gasteiger partial charge is 0.537 e. The first-order valence-electron chi connectivity index (χ1n) is 7.78. The third-order valence-corrected chi connectivity index (χ3v) is 6.61. The van der Waals surface area contributed by atoms with E-state index in [2.05, 4.69) is 30.8 Å². The van der Waals surface area contributed by atoms with Crippen LogP contribution in [-0.2, 0) is 13.3 Å². The molecule has 0 N–H and O–H groups in total. The molecule has 0 aromatic heterocycles. The lowest BCUT2D eigenvalue weighted by Gasteiger charge is -2.29. The van der Waals surface area contributed by atoms with Crippen molar-refractivity contribution in [3.05, 3.63) is 48.5 Å². The Bertz CT molecular complexity index is 622. The van der Waals surface area contributed by atoms with Crippen LogP contribution >= 0.6 is 0 Å². The van der Waals surface area contributed by atoms with Gasteiger partial charge in [0.2, 0.25) is 0 Å². The summed E-state index contributed by atoms with van der Waals surface area (Å²) in [6.07, 6.45) is 1.87. The second kappa shape index (κ2) is 7.69. The summed E-state index contributed by atoms with van der Waals surface area (Å²) in [4.78, 5) is 0. The molecule has 2 rings (SSSR count). The van der Waals surface area contributed by atoms with E-state index in [4.69, 9.17) is 13.3 Å². The monoisotopic (exact) mass is 316 g/mol. The predicted molar refractivity (Wildman–Crippen MR) is 94.3 cm³/mol. The van der Waals surface area contributed by atoms with Crippen LogP contribution in [0.4, 0.5) is 0 Å². The highest BCUT2D eigenvalue weighted by Crippen LogP contribution is 2.22. The molecule has 2 aromatic carbocycles. The molecule has 2 aromatic rings. The highest BCUT2D eigenvalue weighted by atomic mass is 28.4. The average Bonchev–Trinajstić information content (AvgIpc) is 2.54. The minimum atomic E-state index is -2.91. The third kappa shape index (κ3) is 3.15. The summed E-state index contributed by atoms with van der Waals surface area (Å²) in [7, 11) is -2.91. The van der Waals surface area contributed by atoms with E-state index in [9.17, 15) is 0 Å². The zero-order chi connectivity index (χ0) is 16.0. The molecule has 0 spiro atoms. The van der Waals surface area contributed by atoms with E-state index in [0.29, 0.717) is 19.8 Å². The van der Waals surface area contributed by atoms with Crippen molar-refractivity contribution < 1.29 is 13.3 Å². The third-order valence-electron chi connectivity index (χ3n) is 3.51. The fourth-order valence-electron chi connectivity index (χ4n) is 2.70. The van der Waals surface area contributed by atoms with E-state index in [-0.39, 0.29) is 0 Å². The molecule has 0 saturated heterocycles. The highest BCUT2D eigenvalue weighted by Gasteiger charge is 2.44. The van der Waals surface area contributed by atoms with Gasteiger partial charge < -0.3 is 13.3 Å². The van der Waals surface area contributed by atoms with Crippen LogP contribution < -0.4 is 5.19 Å². The van der Waals surface area contributed by atoms with Crippen molar-refractivity contribution in [1.82, 2.24) is 0 Å². The first kappa shape index (κ1) is 16.9. The zero-order valence-electron chi connectivity index (χ0n) is 13.6. The molecule has 4 heteroatoms. The molecule has 0 saturated carbocycles. The molecule has 0 amide bonds. The van der Waals surface area contributed by atoms with E-state index in [1.165, 1.54) is 0 Å². The zero-order valence-corrected chi connectivity index (χ0v) is 14.6. The van der Waals surface area contributed by atoms with Gasteiger partial charge in [-0.05, 0) is 37.1 Å². The van der Waals surface area contributed by atoms with Crippen molar-refractivity contribution in [3.8, 4) is 0 Å². The summed E-state index contributed by atoms with van der Waals surface area (Å²) in [5, 5.41) is 3.28. The molecule has 22 heavy (non-hydrogen) atoms. The number of hydrogen-bond donors (Lipinski definition) is 0. The van der Waals surface area contributed by atoms with Gasteiger partial charge in [-0.25, -0.2) is 0 Å². The summed E-state index contributed by atoms with van der Waals surface area (Å²) in [5.41, 5.74) is 1.10. The topological polar surface area (TPSA) is 27.7 Å². The fraction of sp³-hybridized carbons (Fsp3) is 0.333. The molecule has 118 valence electrons. The van der Waals surface area contributed by atoms with Gasteiger partial charge in [0.15, 0.2) is 0 Å². The van der Waals surface area contributed by atoms with Crippen molar-refractivity contribution >= 4 is 30.8 Å². The molecule has 0 atom stereocenters. The Morgan fingerprint density at radius 3 is 1.91 bits per heavy atom. The van der Waals surface area contributed by atoms with Crippen LogP contribution in [-0.4, -0.2) is 28.6 Å². The van der Waals surface area contributed by atoms with Gasteiger partial charge in [-0.2, -0.15) is 0 Å². The van der Waals surface area contributed by atoms with Crippen molar-refractivity contribution in [2.45, 2.75) is 20.8 Å². The summed E-state index contributed by atoms with van der Waals surface area (Å²) in [6, 6.07) is 12.4. The highest BCUT2D eigenvalue weighted by molar-refractivity contribution is 6.77. The number of hydrogen-bond acceptors (Lipinski definition) is 3. The molecule has 0 radical (unpaired) electrons. The minimum absolute atomic E-state index is 0.559. The van der Waals surface area contributed by atoms with E-state index in [1.807, 2.05) is 39.0 Å². The van der Waals surface area contributed by atoms with Crippen LogP contribution in [0.1, 0.15) is 26.3 Å². The van der Waals surface area contributed by atoms with Gasteiger partial charge in [-0.1, -0.05) is 49.1 Å². The molecule has 0 aliphatic rings. The van der Waals surface area contributed by atoms with E-state index in [1.54, 1.807) is 0 Å². The lowest BCUT2D eigenvalue weighted by Crippen LogP contribution is -2.57. The predicted octanol–water partition coefficient (Wildman–Crippen LogP) is 3.74. The van der Waals surface area contributed by atoms with Crippen molar-refractivity contribution in [3.63, 3.8) is 0 Å². The smallest absolute Gasteiger partial charge is 0.370 e. The Labute approximate surface area is 133 Å². The average molecular weight is 316 g/mol. The Morgan fingerprint density at radius 2 is 1.41 bits per heavy atom. The van der Waals surface area contributed by atoms with Gasteiger partial charge in [0.05, 0.1) is 0 Å². The van der Waals surface area contributed by atoms with Gasteiger partial charge in [0.25, 0.3) is 0 Å². The number of rotatable bonds is 8. The lowest BCUT2D eigenvalue weighted by molar-refractivity contribution is 0.0862. The fourth-order valence-corrected chi connectivity index (χ4v) is 5.39. The van der Waals surface area contributed by atoms with Crippen LogP contribution in [0.2, 0.25) is 0 Å². The second-order valence-electron chi connectivity index (χ2n) is 4.81. The van der Waals surface area contributed by atoms with Crippen molar-refractivity contribution in [1.29, 1.82) is 0 Å². The Hall–Kier alpha value is -1.46. The first-order valence-corrected chi connectivity index (χ1v) is 9.51. The van der Waals surface area contributed by atoms with Gasteiger partial charge in [0, 0.05) is 25.0 Å². The lowest BCUT2D eigenvalue weighted by atomic mass is 10.0. The van der Waals surface area contributed by atoms with Gasteiger partial charge >= 0.3 is 8.80 Å². The molecular weight excluding hydrogens is 292 g/mol. The summed E-state index contributed by atoms with van der Waals surface area (Å²) in [5.74, 6) is 0. The van der Waals surface area contributed by atoms with Gasteiger partial charge in [-0.15, -0.1) is 0 Å². The molecule has 0 unspecified atom stereocenters. The van der Waals surface area contributed by atoms with Crippen LogP contribution in [0.25, 0.3) is 16.8 Å². The second-order valence-corrected chi connectivity index (χ2v) is 7.32. The Morgan fingerprint density at radius 1 is 0.864 bits per heavy atom. The SMILES string of the molecule is C=Cc1ccc([Si](OCC)(OCC)OCC)c2ccccc12. The molecular formula is C18H24O3Si. The summed E-state index contributed by atoms with van der Waals surface area (Å²) >= 11 is 0. The van der Waals surface area contributed by atoms with Crippen molar-refractivity contribution in [2.75, 3.05) is 19.8 Å². The van der Waals surface area contributed by atoms with Crippen molar-refractivity contribution in [2.24, 2.45) is 0 Å². The molecule has 3 nitrogen and oxygen atoms in total. The van der Waals surface area contributed by atoms with Gasteiger partial charge in [-0.3, -0.25) is 0 Å². The van der Waals surface area contributed by atoms with E-state index >= 15 is 0 Å². The van der Waals surface area contributed by atoms with Gasteiger partial charge in [0.1, 0.15) is 0 Å². The Balaban J connectivity index is 2.70. The summed E-state index contributed by atoms with van der Waals surface area (Å²) in [6.45, 7) is 11.5. The van der Waals surface area contributed by atoms with E-state index in [0.717, 1.165) is 21.5 Å². The Kier molecular flexibility index (Phi) is 5.91. The molecule has 0 aliphatic carbocycles.